The molecule has 8 nitrogen and oxygen atoms in total. The summed E-state index contributed by atoms with van der Waals surface area (Å²) < 4.78 is 16.0. The molecule has 1 N–H and O–H groups in total. The van der Waals surface area contributed by atoms with Crippen LogP contribution in [0.2, 0.25) is 0 Å². The highest BCUT2D eigenvalue weighted by atomic mass is 16.7. The number of esters is 1. The lowest BCUT2D eigenvalue weighted by atomic mass is 10.1. The number of ether oxygens (including phenoxy) is 3. The SMILES string of the molecule is C[C@@H](NC(=O)COC(=O)c1cc[n+]([O-])cc1)c1ccc2c(c1)OCO2. The molecule has 0 radical (unpaired) electrons. The number of rotatable bonds is 5. The van der Waals surface area contributed by atoms with Crippen molar-refractivity contribution in [2.75, 3.05) is 13.4 Å². The molecule has 0 unspecified atom stereocenters. The van der Waals surface area contributed by atoms with E-state index in [1.807, 2.05) is 6.07 Å². The van der Waals surface area contributed by atoms with E-state index >= 15 is 0 Å². The zero-order valence-corrected chi connectivity index (χ0v) is 13.4. The Morgan fingerprint density at radius 3 is 2.72 bits per heavy atom. The van der Waals surface area contributed by atoms with Gasteiger partial charge in [0, 0.05) is 12.1 Å². The standard InChI is InChI=1S/C17H16N2O6/c1-11(13-2-3-14-15(8-13)25-10-24-14)18-16(20)9-23-17(21)12-4-6-19(22)7-5-12/h2-8,11H,9-10H2,1H3,(H,18,20)/t11-/m1/s1. The molecule has 0 aliphatic carbocycles. The Morgan fingerprint density at radius 2 is 1.96 bits per heavy atom. The predicted octanol–water partition coefficient (Wildman–Crippen LogP) is 1.08. The van der Waals surface area contributed by atoms with Gasteiger partial charge >= 0.3 is 5.97 Å². The molecule has 0 saturated carbocycles. The molecule has 2 aromatic rings. The fraction of sp³-hybridized carbons (Fsp3) is 0.235. The van der Waals surface area contributed by atoms with Crippen LogP contribution in [0.15, 0.2) is 42.7 Å². The molecule has 1 amide bonds. The van der Waals surface area contributed by atoms with Crippen LogP contribution < -0.4 is 19.5 Å². The molecular weight excluding hydrogens is 328 g/mol. The van der Waals surface area contributed by atoms with Crippen LogP contribution in [-0.2, 0) is 9.53 Å². The summed E-state index contributed by atoms with van der Waals surface area (Å²) in [6, 6.07) is 7.74. The average Bonchev–Trinajstić information content (AvgIpc) is 3.08. The van der Waals surface area contributed by atoms with Crippen molar-refractivity contribution in [3.63, 3.8) is 0 Å². The van der Waals surface area contributed by atoms with Crippen molar-refractivity contribution in [1.82, 2.24) is 5.32 Å². The Bertz CT molecular complexity index is 790. The van der Waals surface area contributed by atoms with Gasteiger partial charge in [-0.15, -0.1) is 0 Å². The first-order valence-corrected chi connectivity index (χ1v) is 7.58. The number of nitrogens with zero attached hydrogens (tertiary/aromatic N) is 1. The summed E-state index contributed by atoms with van der Waals surface area (Å²) in [5.74, 6) is 0.183. The number of hydrogen-bond acceptors (Lipinski definition) is 6. The normalized spacial score (nSPS) is 13.2. The van der Waals surface area contributed by atoms with E-state index < -0.39 is 18.5 Å². The Balaban J connectivity index is 1.52. The fourth-order valence-electron chi connectivity index (χ4n) is 2.31. The number of pyridine rings is 1. The fourth-order valence-corrected chi connectivity index (χ4v) is 2.31. The quantitative estimate of drug-likeness (QED) is 0.495. The second kappa shape index (κ2) is 7.08. The van der Waals surface area contributed by atoms with Gasteiger partial charge in [0.05, 0.1) is 11.6 Å². The van der Waals surface area contributed by atoms with E-state index in [-0.39, 0.29) is 18.4 Å². The van der Waals surface area contributed by atoms with Crippen LogP contribution in [0.25, 0.3) is 0 Å². The highest BCUT2D eigenvalue weighted by Crippen LogP contribution is 2.34. The van der Waals surface area contributed by atoms with Crippen molar-refractivity contribution in [2.45, 2.75) is 13.0 Å². The summed E-state index contributed by atoms with van der Waals surface area (Å²) in [7, 11) is 0. The molecule has 0 fully saturated rings. The molecule has 1 aromatic carbocycles. The molecule has 1 aromatic heterocycles. The van der Waals surface area contributed by atoms with Crippen LogP contribution in [-0.4, -0.2) is 25.3 Å². The number of aromatic nitrogens is 1. The summed E-state index contributed by atoms with van der Waals surface area (Å²) in [6.45, 7) is 1.57. The monoisotopic (exact) mass is 344 g/mol. The first-order valence-electron chi connectivity index (χ1n) is 7.58. The minimum Gasteiger partial charge on any atom is -0.619 e. The van der Waals surface area contributed by atoms with Gasteiger partial charge in [-0.1, -0.05) is 6.07 Å². The molecule has 3 rings (SSSR count). The predicted molar refractivity (Wildman–Crippen MR) is 84.8 cm³/mol. The molecule has 1 aliphatic heterocycles. The van der Waals surface area contributed by atoms with Gasteiger partial charge in [0.1, 0.15) is 0 Å². The van der Waals surface area contributed by atoms with Crippen molar-refractivity contribution in [2.24, 2.45) is 0 Å². The second-order valence-electron chi connectivity index (χ2n) is 5.42. The van der Waals surface area contributed by atoms with E-state index in [4.69, 9.17) is 14.2 Å². The van der Waals surface area contributed by atoms with E-state index in [0.717, 1.165) is 5.56 Å². The zero-order chi connectivity index (χ0) is 17.8. The van der Waals surface area contributed by atoms with Gasteiger partial charge < -0.3 is 24.7 Å². The first-order chi connectivity index (χ1) is 12.0. The summed E-state index contributed by atoms with van der Waals surface area (Å²) in [5, 5.41) is 13.7. The van der Waals surface area contributed by atoms with Crippen molar-refractivity contribution >= 4 is 11.9 Å². The van der Waals surface area contributed by atoms with E-state index in [1.54, 1.807) is 19.1 Å². The Labute approximate surface area is 143 Å². The highest BCUT2D eigenvalue weighted by Gasteiger charge is 2.17. The van der Waals surface area contributed by atoms with Gasteiger partial charge in [0.25, 0.3) is 5.91 Å². The molecule has 25 heavy (non-hydrogen) atoms. The molecule has 8 heteroatoms. The Hall–Kier alpha value is -3.29. The molecule has 0 saturated heterocycles. The largest absolute Gasteiger partial charge is 0.619 e. The maximum absolute atomic E-state index is 12.0. The third kappa shape index (κ3) is 3.97. The van der Waals surface area contributed by atoms with Crippen LogP contribution >= 0.6 is 0 Å². The van der Waals surface area contributed by atoms with Gasteiger partial charge in [-0.3, -0.25) is 4.79 Å². The van der Waals surface area contributed by atoms with Crippen molar-refractivity contribution < 1.29 is 28.5 Å². The van der Waals surface area contributed by atoms with Gasteiger partial charge in [-0.05, 0) is 24.6 Å². The van der Waals surface area contributed by atoms with Gasteiger partial charge in [-0.25, -0.2) is 4.79 Å². The number of carbonyl (C=O) groups is 2. The smallest absolute Gasteiger partial charge is 0.339 e. The molecule has 1 aliphatic rings. The van der Waals surface area contributed by atoms with Crippen LogP contribution in [0.5, 0.6) is 11.5 Å². The minimum absolute atomic E-state index is 0.182. The Morgan fingerprint density at radius 1 is 1.24 bits per heavy atom. The molecule has 130 valence electrons. The lowest BCUT2D eigenvalue weighted by Gasteiger charge is -2.15. The summed E-state index contributed by atoms with van der Waals surface area (Å²) in [5.41, 5.74) is 1.04. The molecular formula is C17H16N2O6. The van der Waals surface area contributed by atoms with Crippen LogP contribution in [0, 0.1) is 5.21 Å². The lowest BCUT2D eigenvalue weighted by molar-refractivity contribution is -0.605. The molecule has 1 atom stereocenters. The number of amides is 1. The number of benzene rings is 1. The first kappa shape index (κ1) is 16.6. The van der Waals surface area contributed by atoms with E-state index in [9.17, 15) is 14.8 Å². The van der Waals surface area contributed by atoms with Crippen molar-refractivity contribution in [1.29, 1.82) is 0 Å². The van der Waals surface area contributed by atoms with Gasteiger partial charge in [0.15, 0.2) is 30.5 Å². The van der Waals surface area contributed by atoms with Crippen LogP contribution in [0.4, 0.5) is 0 Å². The van der Waals surface area contributed by atoms with E-state index in [1.165, 1.54) is 24.5 Å². The number of carbonyl (C=O) groups excluding carboxylic acids is 2. The molecule has 0 spiro atoms. The maximum atomic E-state index is 12.0. The minimum atomic E-state index is -0.675. The van der Waals surface area contributed by atoms with Gasteiger partial charge in [-0.2, -0.15) is 4.73 Å². The number of fused-ring (bicyclic) bond motifs is 1. The Kier molecular flexibility index (Phi) is 4.69. The zero-order valence-electron chi connectivity index (χ0n) is 13.4. The third-order valence-electron chi connectivity index (χ3n) is 3.65. The highest BCUT2D eigenvalue weighted by molar-refractivity contribution is 5.91. The maximum Gasteiger partial charge on any atom is 0.339 e. The third-order valence-corrected chi connectivity index (χ3v) is 3.65. The number of nitrogens with one attached hydrogen (secondary N) is 1. The van der Waals surface area contributed by atoms with Crippen LogP contribution in [0.1, 0.15) is 28.9 Å². The molecule has 0 bridgehead atoms. The van der Waals surface area contributed by atoms with E-state index in [0.29, 0.717) is 16.2 Å². The van der Waals surface area contributed by atoms with Crippen molar-refractivity contribution in [3.8, 4) is 11.5 Å². The average molecular weight is 344 g/mol. The van der Waals surface area contributed by atoms with Crippen molar-refractivity contribution in [3.05, 3.63) is 59.1 Å². The topological polar surface area (TPSA) is 101 Å². The summed E-state index contributed by atoms with van der Waals surface area (Å²) in [6.07, 6.45) is 2.36. The molecule has 2 heterocycles. The van der Waals surface area contributed by atoms with E-state index in [2.05, 4.69) is 5.32 Å². The van der Waals surface area contributed by atoms with Gasteiger partial charge in [0.2, 0.25) is 6.79 Å². The second-order valence-corrected chi connectivity index (χ2v) is 5.42. The summed E-state index contributed by atoms with van der Waals surface area (Å²) in [4.78, 5) is 23.8. The number of hydrogen-bond donors (Lipinski definition) is 1. The lowest BCUT2D eigenvalue weighted by Crippen LogP contribution is -2.31. The summed E-state index contributed by atoms with van der Waals surface area (Å²) >= 11 is 0. The van der Waals surface area contributed by atoms with Crippen LogP contribution in [0.3, 0.4) is 0 Å².